The summed E-state index contributed by atoms with van der Waals surface area (Å²) in [7, 11) is 0. The number of carbonyl (C=O) groups is 1. The number of aryl methyl sites for hydroxylation is 2. The Hall–Kier alpha value is -2.34. The van der Waals surface area contributed by atoms with Crippen LogP contribution in [0.4, 0.5) is 5.82 Å². The van der Waals surface area contributed by atoms with Crippen molar-refractivity contribution in [2.75, 3.05) is 11.4 Å². The standard InChI is InChI=1S/C19H23ClN4O2/c1-11-9-12(2)23-19(26)15(11)10-22-18(25)14-6-7-21-17(16(14)20)24-8-4-5-13(24)3/h6-7,9,13H,4-5,8,10H2,1-3H3,(H,22,25)(H,23,26)/t13-/m1/s1. The molecule has 3 rings (SSSR count). The van der Waals surface area contributed by atoms with E-state index in [0.717, 1.165) is 30.6 Å². The molecule has 7 heteroatoms. The van der Waals surface area contributed by atoms with Crippen molar-refractivity contribution in [3.05, 3.63) is 56.1 Å². The lowest BCUT2D eigenvalue weighted by molar-refractivity contribution is 0.0951. The summed E-state index contributed by atoms with van der Waals surface area (Å²) in [5.74, 6) is 0.332. The van der Waals surface area contributed by atoms with E-state index in [2.05, 4.69) is 27.1 Å². The Balaban J connectivity index is 1.80. The van der Waals surface area contributed by atoms with E-state index >= 15 is 0 Å². The smallest absolute Gasteiger partial charge is 0.253 e. The monoisotopic (exact) mass is 374 g/mol. The molecule has 0 aliphatic carbocycles. The van der Waals surface area contributed by atoms with Crippen LogP contribution in [0, 0.1) is 13.8 Å². The van der Waals surface area contributed by atoms with Crippen LogP contribution in [-0.4, -0.2) is 28.5 Å². The number of amides is 1. The quantitative estimate of drug-likeness (QED) is 0.862. The second-order valence-corrected chi connectivity index (χ2v) is 7.18. The van der Waals surface area contributed by atoms with Gasteiger partial charge in [-0.15, -0.1) is 0 Å². The first-order valence-electron chi connectivity index (χ1n) is 8.77. The third-order valence-electron chi connectivity index (χ3n) is 4.86. The van der Waals surface area contributed by atoms with Crippen molar-refractivity contribution in [3.63, 3.8) is 0 Å². The highest BCUT2D eigenvalue weighted by Gasteiger charge is 2.25. The molecule has 1 aliphatic rings. The van der Waals surface area contributed by atoms with E-state index in [0.29, 0.717) is 28.0 Å². The lowest BCUT2D eigenvalue weighted by Crippen LogP contribution is -2.30. The molecule has 0 radical (unpaired) electrons. The number of nitrogens with zero attached hydrogens (tertiary/aromatic N) is 2. The van der Waals surface area contributed by atoms with E-state index in [-0.39, 0.29) is 18.0 Å². The van der Waals surface area contributed by atoms with Crippen LogP contribution in [0.15, 0.2) is 23.1 Å². The molecule has 2 aromatic rings. The van der Waals surface area contributed by atoms with Crippen LogP contribution >= 0.6 is 11.6 Å². The minimum atomic E-state index is -0.315. The fourth-order valence-corrected chi connectivity index (χ4v) is 3.73. The molecule has 0 aromatic carbocycles. The summed E-state index contributed by atoms with van der Waals surface area (Å²) < 4.78 is 0. The van der Waals surface area contributed by atoms with Gasteiger partial charge in [0.2, 0.25) is 0 Å². The van der Waals surface area contributed by atoms with Crippen LogP contribution in [-0.2, 0) is 6.54 Å². The number of aromatic amines is 1. The molecule has 2 N–H and O–H groups in total. The fraction of sp³-hybridized carbons (Fsp3) is 0.421. The predicted molar refractivity (Wildman–Crippen MR) is 103 cm³/mol. The van der Waals surface area contributed by atoms with E-state index in [1.54, 1.807) is 12.3 Å². The first-order valence-corrected chi connectivity index (χ1v) is 9.15. The van der Waals surface area contributed by atoms with Crippen molar-refractivity contribution in [3.8, 4) is 0 Å². The van der Waals surface area contributed by atoms with Crippen LogP contribution < -0.4 is 15.8 Å². The highest BCUT2D eigenvalue weighted by Crippen LogP contribution is 2.32. The number of H-pyrrole nitrogens is 1. The zero-order valence-corrected chi connectivity index (χ0v) is 16.0. The molecular formula is C19H23ClN4O2. The van der Waals surface area contributed by atoms with Gasteiger partial charge < -0.3 is 15.2 Å². The van der Waals surface area contributed by atoms with E-state index < -0.39 is 0 Å². The summed E-state index contributed by atoms with van der Waals surface area (Å²) in [6, 6.07) is 3.84. The van der Waals surface area contributed by atoms with E-state index in [1.165, 1.54) is 0 Å². The number of halogens is 1. The van der Waals surface area contributed by atoms with Crippen molar-refractivity contribution in [1.82, 2.24) is 15.3 Å². The molecule has 1 aliphatic heterocycles. The number of carbonyl (C=O) groups excluding carboxylic acids is 1. The molecule has 0 unspecified atom stereocenters. The highest BCUT2D eigenvalue weighted by atomic mass is 35.5. The van der Waals surface area contributed by atoms with Gasteiger partial charge in [0.15, 0.2) is 0 Å². The third-order valence-corrected chi connectivity index (χ3v) is 5.23. The molecule has 0 bridgehead atoms. The van der Waals surface area contributed by atoms with Gasteiger partial charge in [-0.05, 0) is 51.3 Å². The number of pyridine rings is 2. The first kappa shape index (κ1) is 18.5. The predicted octanol–water partition coefficient (Wildman–Crippen LogP) is 2.96. The summed E-state index contributed by atoms with van der Waals surface area (Å²) in [6.07, 6.45) is 3.78. The summed E-state index contributed by atoms with van der Waals surface area (Å²) in [5, 5.41) is 3.15. The number of hydrogen-bond donors (Lipinski definition) is 2. The van der Waals surface area contributed by atoms with Crippen LogP contribution in [0.25, 0.3) is 0 Å². The average Bonchev–Trinajstić information content (AvgIpc) is 2.99. The molecule has 0 spiro atoms. The molecule has 0 saturated carbocycles. The summed E-state index contributed by atoms with van der Waals surface area (Å²) in [4.78, 5) is 34.0. The SMILES string of the molecule is Cc1cc(C)c(CNC(=O)c2ccnc(N3CCC[C@H]3C)c2Cl)c(=O)[nH]1. The normalized spacial score (nSPS) is 16.8. The lowest BCUT2D eigenvalue weighted by atomic mass is 10.1. The van der Waals surface area contributed by atoms with E-state index in [9.17, 15) is 9.59 Å². The largest absolute Gasteiger partial charge is 0.353 e. The van der Waals surface area contributed by atoms with Gasteiger partial charge in [-0.1, -0.05) is 11.6 Å². The van der Waals surface area contributed by atoms with Gasteiger partial charge in [-0.25, -0.2) is 4.98 Å². The average molecular weight is 375 g/mol. The number of anilines is 1. The minimum Gasteiger partial charge on any atom is -0.353 e. The van der Waals surface area contributed by atoms with Crippen molar-refractivity contribution in [2.24, 2.45) is 0 Å². The maximum Gasteiger partial charge on any atom is 0.253 e. The van der Waals surface area contributed by atoms with Gasteiger partial charge >= 0.3 is 0 Å². The lowest BCUT2D eigenvalue weighted by Gasteiger charge is -2.24. The maximum atomic E-state index is 12.6. The summed E-state index contributed by atoms with van der Waals surface area (Å²) >= 11 is 6.48. The third kappa shape index (κ3) is 3.60. The Bertz CT molecular complexity index is 894. The number of hydrogen-bond acceptors (Lipinski definition) is 4. The van der Waals surface area contributed by atoms with Gasteiger partial charge in [-0.2, -0.15) is 0 Å². The first-order chi connectivity index (χ1) is 12.4. The second-order valence-electron chi connectivity index (χ2n) is 6.81. The van der Waals surface area contributed by atoms with Crippen molar-refractivity contribution in [2.45, 2.75) is 46.2 Å². The topological polar surface area (TPSA) is 78.1 Å². The highest BCUT2D eigenvalue weighted by molar-refractivity contribution is 6.36. The zero-order chi connectivity index (χ0) is 18.8. The fourth-order valence-electron chi connectivity index (χ4n) is 3.42. The Morgan fingerprint density at radius 3 is 2.88 bits per heavy atom. The van der Waals surface area contributed by atoms with Gasteiger partial charge in [0.25, 0.3) is 11.5 Å². The van der Waals surface area contributed by atoms with Gasteiger partial charge in [0.1, 0.15) is 5.82 Å². The van der Waals surface area contributed by atoms with Crippen molar-refractivity contribution in [1.29, 1.82) is 0 Å². The zero-order valence-electron chi connectivity index (χ0n) is 15.2. The molecule has 1 amide bonds. The maximum absolute atomic E-state index is 12.6. The Morgan fingerprint density at radius 1 is 1.46 bits per heavy atom. The Kier molecular flexibility index (Phi) is 5.32. The van der Waals surface area contributed by atoms with Crippen molar-refractivity contribution < 1.29 is 4.79 Å². The summed E-state index contributed by atoms with van der Waals surface area (Å²) in [6.45, 7) is 6.85. The molecule has 1 atom stereocenters. The molecule has 1 saturated heterocycles. The molecule has 3 heterocycles. The molecular weight excluding hydrogens is 352 g/mol. The number of aromatic nitrogens is 2. The van der Waals surface area contributed by atoms with Crippen LogP contribution in [0.1, 0.15) is 46.9 Å². The van der Waals surface area contributed by atoms with Crippen LogP contribution in [0.2, 0.25) is 5.02 Å². The molecule has 138 valence electrons. The molecule has 1 fully saturated rings. The molecule has 26 heavy (non-hydrogen) atoms. The van der Waals surface area contributed by atoms with Gasteiger partial charge in [0, 0.05) is 36.6 Å². The molecule has 2 aromatic heterocycles. The second kappa shape index (κ2) is 7.50. The van der Waals surface area contributed by atoms with Crippen molar-refractivity contribution >= 4 is 23.3 Å². The van der Waals surface area contributed by atoms with Crippen LogP contribution in [0.5, 0.6) is 0 Å². The van der Waals surface area contributed by atoms with Crippen LogP contribution in [0.3, 0.4) is 0 Å². The van der Waals surface area contributed by atoms with Gasteiger partial charge in [-0.3, -0.25) is 9.59 Å². The van der Waals surface area contributed by atoms with Gasteiger partial charge in [0.05, 0.1) is 10.6 Å². The van der Waals surface area contributed by atoms with E-state index in [4.69, 9.17) is 11.6 Å². The van der Waals surface area contributed by atoms with E-state index in [1.807, 2.05) is 19.9 Å². The Labute approximate surface area is 157 Å². The number of rotatable bonds is 4. The molecule has 6 nitrogen and oxygen atoms in total. The Morgan fingerprint density at radius 2 is 2.23 bits per heavy atom. The minimum absolute atomic E-state index is 0.147. The summed E-state index contributed by atoms with van der Waals surface area (Å²) in [5.41, 5.74) is 2.37. The number of nitrogens with one attached hydrogen (secondary N) is 2.